The smallest absolute Gasteiger partial charge is 0.316 e. The van der Waals surface area contributed by atoms with Gasteiger partial charge >= 0.3 is 6.03 Å². The number of benzene rings is 2. The minimum atomic E-state index is -0.640. The van der Waals surface area contributed by atoms with Gasteiger partial charge in [0.15, 0.2) is 0 Å². The molecular weight excluding hydrogens is 338 g/mol. The summed E-state index contributed by atoms with van der Waals surface area (Å²) in [6.07, 6.45) is 0. The first-order valence-corrected chi connectivity index (χ1v) is 8.50. The van der Waals surface area contributed by atoms with Crippen LogP contribution in [0.1, 0.15) is 31.0 Å². The van der Waals surface area contributed by atoms with E-state index in [9.17, 15) is 9.59 Å². The van der Waals surface area contributed by atoms with Crippen LogP contribution in [0.5, 0.6) is 0 Å². The van der Waals surface area contributed by atoms with E-state index in [1.807, 2.05) is 50.2 Å². The molecule has 0 radical (unpaired) electrons. The second-order valence-corrected chi connectivity index (χ2v) is 6.78. The summed E-state index contributed by atoms with van der Waals surface area (Å²) in [6, 6.07) is 13.7. The lowest BCUT2D eigenvalue weighted by molar-refractivity contribution is -0.119. The summed E-state index contributed by atoms with van der Waals surface area (Å²) < 4.78 is 0. The van der Waals surface area contributed by atoms with E-state index < -0.39 is 12.1 Å². The summed E-state index contributed by atoms with van der Waals surface area (Å²) >= 11 is 6.24. The lowest BCUT2D eigenvalue weighted by atomic mass is 9.95. The standard InChI is InChI=1S/C19H20ClN3O2/c1-12(2)23-16-9-8-14(20)10-15(16)18(13-6-4-3-5-7-13)22(19(21)25)11-17(23)24/h3-10,12,18H,11H2,1-2H3,(H2,21,25). The van der Waals surface area contributed by atoms with Gasteiger partial charge < -0.3 is 15.5 Å². The van der Waals surface area contributed by atoms with Crippen molar-refractivity contribution in [2.45, 2.75) is 25.9 Å². The zero-order valence-corrected chi connectivity index (χ0v) is 14.9. The normalized spacial score (nSPS) is 17.4. The molecule has 1 aliphatic heterocycles. The van der Waals surface area contributed by atoms with Crippen LogP contribution in [0.4, 0.5) is 10.5 Å². The zero-order chi connectivity index (χ0) is 18.1. The van der Waals surface area contributed by atoms with Crippen LogP contribution in [0.2, 0.25) is 5.02 Å². The van der Waals surface area contributed by atoms with Crippen molar-refractivity contribution in [3.63, 3.8) is 0 Å². The maximum absolute atomic E-state index is 12.8. The molecule has 1 aliphatic rings. The number of amides is 3. The molecule has 2 aromatic carbocycles. The zero-order valence-electron chi connectivity index (χ0n) is 14.1. The van der Waals surface area contributed by atoms with Crippen molar-refractivity contribution in [1.82, 2.24) is 4.90 Å². The third-order valence-electron chi connectivity index (χ3n) is 4.34. The van der Waals surface area contributed by atoms with Crippen molar-refractivity contribution in [3.8, 4) is 0 Å². The van der Waals surface area contributed by atoms with Crippen LogP contribution in [0.25, 0.3) is 0 Å². The van der Waals surface area contributed by atoms with Gasteiger partial charge in [-0.2, -0.15) is 0 Å². The van der Waals surface area contributed by atoms with E-state index in [-0.39, 0.29) is 18.5 Å². The van der Waals surface area contributed by atoms with Gasteiger partial charge in [-0.25, -0.2) is 4.79 Å². The third-order valence-corrected chi connectivity index (χ3v) is 4.58. The fourth-order valence-electron chi connectivity index (χ4n) is 3.35. The molecule has 2 aromatic rings. The monoisotopic (exact) mass is 357 g/mol. The number of carbonyl (C=O) groups is 2. The molecule has 25 heavy (non-hydrogen) atoms. The Kier molecular flexibility index (Phi) is 4.68. The molecule has 1 heterocycles. The van der Waals surface area contributed by atoms with E-state index in [1.54, 1.807) is 17.0 Å². The van der Waals surface area contributed by atoms with Gasteiger partial charge in [-0.1, -0.05) is 41.9 Å². The summed E-state index contributed by atoms with van der Waals surface area (Å²) in [5.41, 5.74) is 8.05. The van der Waals surface area contributed by atoms with Gasteiger partial charge in [0.25, 0.3) is 0 Å². The summed E-state index contributed by atoms with van der Waals surface area (Å²) in [5, 5.41) is 0.544. The fraction of sp³-hybridized carbons (Fsp3) is 0.263. The van der Waals surface area contributed by atoms with Crippen molar-refractivity contribution in [2.24, 2.45) is 5.73 Å². The van der Waals surface area contributed by atoms with Crippen molar-refractivity contribution in [1.29, 1.82) is 0 Å². The quantitative estimate of drug-likeness (QED) is 0.892. The number of carbonyl (C=O) groups excluding carboxylic acids is 2. The van der Waals surface area contributed by atoms with Crippen LogP contribution in [0, 0.1) is 0 Å². The van der Waals surface area contributed by atoms with Gasteiger partial charge in [-0.3, -0.25) is 4.79 Å². The van der Waals surface area contributed by atoms with Gasteiger partial charge in [0.2, 0.25) is 5.91 Å². The summed E-state index contributed by atoms with van der Waals surface area (Å²) in [5.74, 6) is -0.171. The van der Waals surface area contributed by atoms with Crippen LogP contribution in [0.3, 0.4) is 0 Å². The topological polar surface area (TPSA) is 66.6 Å². The maximum Gasteiger partial charge on any atom is 0.316 e. The number of rotatable bonds is 2. The molecular formula is C19H20ClN3O2. The molecule has 5 nitrogen and oxygen atoms in total. The van der Waals surface area contributed by atoms with Crippen LogP contribution < -0.4 is 10.6 Å². The molecule has 0 fully saturated rings. The number of fused-ring (bicyclic) bond motifs is 1. The van der Waals surface area contributed by atoms with Gasteiger partial charge in [-0.05, 0) is 37.6 Å². The Morgan fingerprint density at radius 1 is 1.20 bits per heavy atom. The second kappa shape index (κ2) is 6.76. The minimum Gasteiger partial charge on any atom is -0.351 e. The number of primary amides is 1. The predicted molar refractivity (Wildman–Crippen MR) is 98.6 cm³/mol. The second-order valence-electron chi connectivity index (χ2n) is 6.34. The number of anilines is 1. The highest BCUT2D eigenvalue weighted by molar-refractivity contribution is 6.30. The van der Waals surface area contributed by atoms with E-state index in [1.165, 1.54) is 4.90 Å². The first-order valence-electron chi connectivity index (χ1n) is 8.12. The van der Waals surface area contributed by atoms with E-state index in [0.29, 0.717) is 5.02 Å². The Hall–Kier alpha value is -2.53. The summed E-state index contributed by atoms with van der Waals surface area (Å²) in [6.45, 7) is 3.79. The molecule has 1 unspecified atom stereocenters. The Balaban J connectivity index is 2.29. The largest absolute Gasteiger partial charge is 0.351 e. The van der Waals surface area contributed by atoms with Crippen molar-refractivity contribution in [3.05, 3.63) is 64.7 Å². The minimum absolute atomic E-state index is 0.0586. The van der Waals surface area contributed by atoms with E-state index >= 15 is 0 Å². The molecule has 0 saturated carbocycles. The average molecular weight is 358 g/mol. The molecule has 3 amide bonds. The number of halogens is 1. The number of hydrogen-bond donors (Lipinski definition) is 1. The van der Waals surface area contributed by atoms with Crippen molar-refractivity contribution in [2.75, 3.05) is 11.4 Å². The molecule has 0 spiro atoms. The highest BCUT2D eigenvalue weighted by Gasteiger charge is 2.36. The molecule has 2 N–H and O–H groups in total. The van der Waals surface area contributed by atoms with Crippen molar-refractivity contribution >= 4 is 29.2 Å². The fourth-order valence-corrected chi connectivity index (χ4v) is 3.53. The number of nitrogens with zero attached hydrogens (tertiary/aromatic N) is 2. The van der Waals surface area contributed by atoms with E-state index in [4.69, 9.17) is 17.3 Å². The molecule has 0 aromatic heterocycles. The van der Waals surface area contributed by atoms with Gasteiger partial charge in [-0.15, -0.1) is 0 Å². The first kappa shape index (κ1) is 17.3. The SMILES string of the molecule is CC(C)N1C(=O)CN(C(N)=O)C(c2ccccc2)c2cc(Cl)ccc21. The van der Waals surface area contributed by atoms with Crippen LogP contribution in [-0.4, -0.2) is 29.4 Å². The molecule has 1 atom stereocenters. The number of hydrogen-bond acceptors (Lipinski definition) is 2. The Morgan fingerprint density at radius 2 is 1.88 bits per heavy atom. The maximum atomic E-state index is 12.8. The highest BCUT2D eigenvalue weighted by atomic mass is 35.5. The Labute approximate surface area is 152 Å². The van der Waals surface area contributed by atoms with Crippen molar-refractivity contribution < 1.29 is 9.59 Å². The van der Waals surface area contributed by atoms with E-state index in [2.05, 4.69) is 0 Å². The molecule has 6 heteroatoms. The lowest BCUT2D eigenvalue weighted by Gasteiger charge is -2.29. The molecule has 0 aliphatic carbocycles. The summed E-state index contributed by atoms with van der Waals surface area (Å²) in [4.78, 5) is 28.1. The van der Waals surface area contributed by atoms with Crippen LogP contribution in [0.15, 0.2) is 48.5 Å². The van der Waals surface area contributed by atoms with Gasteiger partial charge in [0.1, 0.15) is 6.54 Å². The first-order chi connectivity index (χ1) is 11.9. The van der Waals surface area contributed by atoms with Crippen LogP contribution >= 0.6 is 11.6 Å². The Morgan fingerprint density at radius 3 is 2.48 bits per heavy atom. The predicted octanol–water partition coefficient (Wildman–Crippen LogP) is 3.57. The molecule has 0 bridgehead atoms. The highest BCUT2D eigenvalue weighted by Crippen LogP contribution is 2.39. The lowest BCUT2D eigenvalue weighted by Crippen LogP contribution is -2.45. The summed E-state index contributed by atoms with van der Waals surface area (Å²) in [7, 11) is 0. The number of urea groups is 1. The molecule has 0 saturated heterocycles. The molecule has 130 valence electrons. The van der Waals surface area contributed by atoms with E-state index in [0.717, 1.165) is 16.8 Å². The Bertz CT molecular complexity index is 808. The molecule has 3 rings (SSSR count). The van der Waals surface area contributed by atoms with Crippen LogP contribution in [-0.2, 0) is 4.79 Å². The van der Waals surface area contributed by atoms with Gasteiger partial charge in [0.05, 0.1) is 6.04 Å². The number of nitrogens with two attached hydrogens (primary N) is 1. The average Bonchev–Trinajstić information content (AvgIpc) is 2.69. The third kappa shape index (κ3) is 3.20. The van der Waals surface area contributed by atoms with Gasteiger partial charge in [0, 0.05) is 22.3 Å².